The van der Waals surface area contributed by atoms with E-state index in [4.69, 9.17) is 23.2 Å². The van der Waals surface area contributed by atoms with E-state index in [2.05, 4.69) is 12.1 Å². The van der Waals surface area contributed by atoms with Crippen LogP contribution in [-0.2, 0) is 11.2 Å². The number of hydrogen-bond acceptors (Lipinski definition) is 1. The number of aryl methyl sites for hydroxylation is 2. The molecule has 1 aromatic rings. The van der Waals surface area contributed by atoms with E-state index < -0.39 is 0 Å². The fraction of sp³-hybridized carbons (Fsp3) is 0.500. The molecule has 0 radical (unpaired) electrons. The lowest BCUT2D eigenvalue weighted by atomic mass is 10.0. The zero-order valence-electron chi connectivity index (χ0n) is 10.9. The Morgan fingerprint density at radius 2 is 1.78 bits per heavy atom. The fourth-order valence-electron chi connectivity index (χ4n) is 1.83. The zero-order chi connectivity index (χ0) is 13.5. The van der Waals surface area contributed by atoms with E-state index in [0.29, 0.717) is 31.3 Å². The van der Waals surface area contributed by atoms with Crippen molar-refractivity contribution in [3.63, 3.8) is 0 Å². The zero-order valence-corrected chi connectivity index (χ0v) is 12.4. The molecule has 0 saturated heterocycles. The Kier molecular flexibility index (Phi) is 6.51. The van der Waals surface area contributed by atoms with Crippen LogP contribution in [0.5, 0.6) is 0 Å². The number of carbonyl (C=O) groups is 1. The minimum Gasteiger partial charge on any atom is -0.340 e. The van der Waals surface area contributed by atoms with Crippen LogP contribution in [0.4, 0.5) is 0 Å². The van der Waals surface area contributed by atoms with Crippen LogP contribution in [0.1, 0.15) is 16.7 Å². The molecule has 0 aliphatic carbocycles. The lowest BCUT2D eigenvalue weighted by Crippen LogP contribution is -2.35. The van der Waals surface area contributed by atoms with Crippen LogP contribution in [0.25, 0.3) is 0 Å². The highest BCUT2D eigenvalue weighted by atomic mass is 35.5. The topological polar surface area (TPSA) is 20.3 Å². The maximum absolute atomic E-state index is 12.2. The number of nitrogens with zero attached hydrogens (tertiary/aromatic N) is 1. The first-order valence-corrected chi connectivity index (χ1v) is 7.11. The Balaban J connectivity index is 2.75. The van der Waals surface area contributed by atoms with Gasteiger partial charge in [-0.25, -0.2) is 0 Å². The van der Waals surface area contributed by atoms with Crippen molar-refractivity contribution < 1.29 is 4.79 Å². The van der Waals surface area contributed by atoms with E-state index in [-0.39, 0.29) is 5.91 Å². The summed E-state index contributed by atoms with van der Waals surface area (Å²) >= 11 is 11.4. The van der Waals surface area contributed by atoms with Crippen molar-refractivity contribution in [3.05, 3.63) is 34.9 Å². The predicted molar refractivity (Wildman–Crippen MR) is 77.6 cm³/mol. The Hall–Kier alpha value is -0.730. The standard InChI is InChI=1S/C14H19Cl2NO/c1-11-3-4-12(2)13(9-11)10-14(18)17(7-5-15)8-6-16/h3-4,9H,5-8,10H2,1-2H3. The Bertz CT molecular complexity index is 401. The SMILES string of the molecule is Cc1ccc(C)c(CC(=O)N(CCCl)CCCl)c1. The molecule has 2 nitrogen and oxygen atoms in total. The Labute approximate surface area is 119 Å². The molecule has 100 valence electrons. The quantitative estimate of drug-likeness (QED) is 0.736. The highest BCUT2D eigenvalue weighted by Crippen LogP contribution is 2.12. The molecule has 0 aliphatic rings. The van der Waals surface area contributed by atoms with Crippen LogP contribution in [0, 0.1) is 13.8 Å². The second-order valence-corrected chi connectivity index (χ2v) is 5.12. The van der Waals surface area contributed by atoms with Crippen molar-refractivity contribution in [2.75, 3.05) is 24.8 Å². The fourth-order valence-corrected chi connectivity index (χ4v) is 2.24. The third kappa shape index (κ3) is 4.51. The second kappa shape index (κ2) is 7.65. The van der Waals surface area contributed by atoms with Crippen molar-refractivity contribution in [3.8, 4) is 0 Å². The molecule has 1 rings (SSSR count). The number of carbonyl (C=O) groups excluding carboxylic acids is 1. The molecule has 0 fully saturated rings. The third-order valence-corrected chi connectivity index (χ3v) is 3.25. The molecular weight excluding hydrogens is 269 g/mol. The molecule has 4 heteroatoms. The minimum absolute atomic E-state index is 0.0880. The van der Waals surface area contributed by atoms with Crippen LogP contribution in [0.15, 0.2) is 18.2 Å². The summed E-state index contributed by atoms with van der Waals surface area (Å²) < 4.78 is 0. The summed E-state index contributed by atoms with van der Waals surface area (Å²) in [4.78, 5) is 13.9. The molecule has 0 spiro atoms. The average molecular weight is 288 g/mol. The van der Waals surface area contributed by atoms with Crippen LogP contribution in [-0.4, -0.2) is 35.7 Å². The van der Waals surface area contributed by atoms with E-state index in [1.165, 1.54) is 5.56 Å². The monoisotopic (exact) mass is 287 g/mol. The summed E-state index contributed by atoms with van der Waals surface area (Å²) in [5.74, 6) is 0.968. The van der Waals surface area contributed by atoms with Crippen molar-refractivity contribution in [2.45, 2.75) is 20.3 Å². The third-order valence-electron chi connectivity index (χ3n) is 2.91. The van der Waals surface area contributed by atoms with Crippen molar-refractivity contribution in [1.82, 2.24) is 4.90 Å². The van der Waals surface area contributed by atoms with Gasteiger partial charge in [0.1, 0.15) is 0 Å². The van der Waals surface area contributed by atoms with Gasteiger partial charge < -0.3 is 4.90 Å². The van der Waals surface area contributed by atoms with Crippen molar-refractivity contribution in [1.29, 1.82) is 0 Å². The van der Waals surface area contributed by atoms with Gasteiger partial charge in [0.2, 0.25) is 5.91 Å². The number of rotatable bonds is 6. The van der Waals surface area contributed by atoms with Crippen LogP contribution in [0.3, 0.4) is 0 Å². The van der Waals surface area contributed by atoms with Gasteiger partial charge in [0.15, 0.2) is 0 Å². The molecule has 0 saturated carbocycles. The van der Waals surface area contributed by atoms with E-state index in [9.17, 15) is 4.79 Å². The number of benzene rings is 1. The first-order valence-electron chi connectivity index (χ1n) is 6.04. The van der Waals surface area contributed by atoms with Gasteiger partial charge in [-0.05, 0) is 25.0 Å². The lowest BCUT2D eigenvalue weighted by Gasteiger charge is -2.21. The largest absolute Gasteiger partial charge is 0.340 e. The molecule has 0 unspecified atom stereocenters. The molecule has 0 N–H and O–H groups in total. The Morgan fingerprint density at radius 3 is 2.33 bits per heavy atom. The molecule has 0 bridgehead atoms. The number of halogens is 2. The summed E-state index contributed by atoms with van der Waals surface area (Å²) in [5.41, 5.74) is 3.39. The van der Waals surface area contributed by atoms with Crippen LogP contribution >= 0.6 is 23.2 Å². The molecule has 1 aromatic carbocycles. The van der Waals surface area contributed by atoms with Crippen molar-refractivity contribution >= 4 is 29.1 Å². The summed E-state index contributed by atoms with van der Waals surface area (Å²) in [5, 5.41) is 0. The highest BCUT2D eigenvalue weighted by molar-refractivity contribution is 6.18. The van der Waals surface area contributed by atoms with Gasteiger partial charge in [-0.1, -0.05) is 23.8 Å². The molecule has 0 heterocycles. The summed E-state index contributed by atoms with van der Waals surface area (Å²) in [6, 6.07) is 6.16. The van der Waals surface area contributed by atoms with Gasteiger partial charge >= 0.3 is 0 Å². The number of hydrogen-bond donors (Lipinski definition) is 0. The molecule has 0 aromatic heterocycles. The van der Waals surface area contributed by atoms with Gasteiger partial charge in [-0.3, -0.25) is 4.79 Å². The number of amides is 1. The number of alkyl halides is 2. The van der Waals surface area contributed by atoms with Crippen molar-refractivity contribution in [2.24, 2.45) is 0 Å². The van der Waals surface area contributed by atoms with Crippen LogP contribution in [0.2, 0.25) is 0 Å². The normalized spacial score (nSPS) is 10.4. The summed E-state index contributed by atoms with van der Waals surface area (Å²) in [6.07, 6.45) is 0.418. The first-order chi connectivity index (χ1) is 8.58. The van der Waals surface area contributed by atoms with E-state index >= 15 is 0 Å². The maximum atomic E-state index is 12.2. The van der Waals surface area contributed by atoms with Crippen LogP contribution < -0.4 is 0 Å². The molecule has 0 aliphatic heterocycles. The van der Waals surface area contributed by atoms with E-state index in [0.717, 1.165) is 11.1 Å². The molecule has 1 amide bonds. The smallest absolute Gasteiger partial charge is 0.227 e. The van der Waals surface area contributed by atoms with Gasteiger partial charge in [0.05, 0.1) is 6.42 Å². The Morgan fingerprint density at radius 1 is 1.17 bits per heavy atom. The van der Waals surface area contributed by atoms with E-state index in [1.54, 1.807) is 4.90 Å². The molecular formula is C14H19Cl2NO. The minimum atomic E-state index is 0.0880. The lowest BCUT2D eigenvalue weighted by molar-refractivity contribution is -0.130. The first kappa shape index (κ1) is 15.3. The van der Waals surface area contributed by atoms with Gasteiger partial charge in [0, 0.05) is 24.8 Å². The molecule has 18 heavy (non-hydrogen) atoms. The maximum Gasteiger partial charge on any atom is 0.227 e. The van der Waals surface area contributed by atoms with E-state index in [1.807, 2.05) is 19.9 Å². The average Bonchev–Trinajstić information content (AvgIpc) is 2.33. The van der Waals surface area contributed by atoms with Gasteiger partial charge in [0.25, 0.3) is 0 Å². The second-order valence-electron chi connectivity index (χ2n) is 4.37. The summed E-state index contributed by atoms with van der Waals surface area (Å²) in [6.45, 7) is 5.16. The van der Waals surface area contributed by atoms with Gasteiger partial charge in [-0.15, -0.1) is 23.2 Å². The highest BCUT2D eigenvalue weighted by Gasteiger charge is 2.14. The van der Waals surface area contributed by atoms with Gasteiger partial charge in [-0.2, -0.15) is 0 Å². The molecule has 0 atom stereocenters. The predicted octanol–water partition coefficient (Wildman–Crippen LogP) is 3.15. The summed E-state index contributed by atoms with van der Waals surface area (Å²) in [7, 11) is 0.